The van der Waals surface area contributed by atoms with Gasteiger partial charge >= 0.3 is 6.01 Å². The summed E-state index contributed by atoms with van der Waals surface area (Å²) in [6.45, 7) is 3.77. The zero-order valence-corrected chi connectivity index (χ0v) is 11.5. The minimum Gasteiger partial charge on any atom is -0.461 e. The van der Waals surface area contributed by atoms with Crippen molar-refractivity contribution in [3.63, 3.8) is 0 Å². The Bertz CT molecular complexity index is 530. The van der Waals surface area contributed by atoms with Crippen molar-refractivity contribution in [3.8, 4) is 16.7 Å². The number of ether oxygens (including phenoxy) is 1. The molecular formula is C10H9Cl2N3OS. The van der Waals surface area contributed by atoms with Crippen molar-refractivity contribution < 1.29 is 4.74 Å². The van der Waals surface area contributed by atoms with Crippen molar-refractivity contribution in [1.82, 2.24) is 15.0 Å². The summed E-state index contributed by atoms with van der Waals surface area (Å²) in [4.78, 5) is 12.9. The first-order chi connectivity index (χ1) is 8.06. The minimum absolute atomic E-state index is 0.0277. The van der Waals surface area contributed by atoms with Crippen molar-refractivity contribution >= 4 is 34.5 Å². The van der Waals surface area contributed by atoms with Gasteiger partial charge in [-0.15, -0.1) is 11.3 Å². The number of rotatable bonds is 3. The van der Waals surface area contributed by atoms with Gasteiger partial charge in [0.15, 0.2) is 5.82 Å². The van der Waals surface area contributed by atoms with E-state index in [0.29, 0.717) is 10.8 Å². The molecule has 0 N–H and O–H groups in total. The number of thiophene rings is 1. The second-order valence-electron chi connectivity index (χ2n) is 3.47. The normalized spacial score (nSPS) is 10.9. The van der Waals surface area contributed by atoms with Crippen molar-refractivity contribution in [2.24, 2.45) is 0 Å². The van der Waals surface area contributed by atoms with Gasteiger partial charge in [0.05, 0.1) is 16.0 Å². The van der Waals surface area contributed by atoms with E-state index < -0.39 is 0 Å². The lowest BCUT2D eigenvalue weighted by atomic mass is 10.4. The van der Waals surface area contributed by atoms with E-state index in [0.717, 1.165) is 4.88 Å². The molecule has 7 heteroatoms. The molecule has 0 saturated carbocycles. The first kappa shape index (κ1) is 12.5. The van der Waals surface area contributed by atoms with Crippen LogP contribution in [0, 0.1) is 0 Å². The van der Waals surface area contributed by atoms with Gasteiger partial charge in [-0.2, -0.15) is 15.0 Å². The van der Waals surface area contributed by atoms with E-state index in [1.807, 2.05) is 19.2 Å². The molecule has 0 unspecified atom stereocenters. The van der Waals surface area contributed by atoms with Crippen LogP contribution in [0.15, 0.2) is 11.4 Å². The molecule has 0 radical (unpaired) electrons. The summed E-state index contributed by atoms with van der Waals surface area (Å²) in [5.74, 6) is 0.431. The molecule has 0 bridgehead atoms. The first-order valence-corrected chi connectivity index (χ1v) is 6.51. The molecule has 0 atom stereocenters. The summed E-state index contributed by atoms with van der Waals surface area (Å²) in [5.41, 5.74) is 0. The molecule has 0 saturated heterocycles. The van der Waals surface area contributed by atoms with Crippen LogP contribution in [0.25, 0.3) is 10.7 Å². The quantitative estimate of drug-likeness (QED) is 0.865. The van der Waals surface area contributed by atoms with E-state index >= 15 is 0 Å². The highest BCUT2D eigenvalue weighted by atomic mass is 35.5. The molecule has 0 aliphatic rings. The van der Waals surface area contributed by atoms with Crippen LogP contribution in [0.2, 0.25) is 10.3 Å². The molecule has 0 amide bonds. The third-order valence-corrected chi connectivity index (χ3v) is 3.26. The van der Waals surface area contributed by atoms with E-state index in [4.69, 9.17) is 27.9 Å². The Hall–Kier alpha value is -0.910. The molecule has 90 valence electrons. The third-order valence-electron chi connectivity index (χ3n) is 1.75. The van der Waals surface area contributed by atoms with Gasteiger partial charge in [-0.3, -0.25) is 0 Å². The van der Waals surface area contributed by atoms with Crippen LogP contribution in [0.4, 0.5) is 0 Å². The molecule has 2 rings (SSSR count). The summed E-state index contributed by atoms with van der Waals surface area (Å²) < 4.78 is 5.39. The number of hydrogen-bond donors (Lipinski definition) is 0. The molecule has 2 aromatic heterocycles. The zero-order chi connectivity index (χ0) is 12.4. The average molecular weight is 290 g/mol. The average Bonchev–Trinajstić information content (AvgIpc) is 2.62. The van der Waals surface area contributed by atoms with Crippen LogP contribution in [-0.2, 0) is 0 Å². The topological polar surface area (TPSA) is 47.9 Å². The molecule has 0 aromatic carbocycles. The lowest BCUT2D eigenvalue weighted by Crippen LogP contribution is -2.09. The van der Waals surface area contributed by atoms with Gasteiger partial charge in [0, 0.05) is 0 Å². The minimum atomic E-state index is -0.0277. The maximum absolute atomic E-state index is 6.01. The highest BCUT2D eigenvalue weighted by Crippen LogP contribution is 2.31. The molecule has 17 heavy (non-hydrogen) atoms. The van der Waals surface area contributed by atoms with Gasteiger partial charge in [-0.25, -0.2) is 0 Å². The Labute approximate surface area is 113 Å². The Kier molecular flexibility index (Phi) is 3.81. The van der Waals surface area contributed by atoms with E-state index in [-0.39, 0.29) is 17.4 Å². The van der Waals surface area contributed by atoms with Crippen LogP contribution in [0.3, 0.4) is 0 Å². The Morgan fingerprint density at radius 3 is 2.59 bits per heavy atom. The number of nitrogens with zero attached hydrogens (tertiary/aromatic N) is 3. The smallest absolute Gasteiger partial charge is 0.321 e. The molecule has 0 fully saturated rings. The third kappa shape index (κ3) is 3.06. The van der Waals surface area contributed by atoms with Gasteiger partial charge in [-0.05, 0) is 36.9 Å². The highest BCUT2D eigenvalue weighted by molar-refractivity contribution is 7.14. The highest BCUT2D eigenvalue weighted by Gasteiger charge is 2.13. The van der Waals surface area contributed by atoms with Crippen molar-refractivity contribution in [2.75, 3.05) is 0 Å². The largest absolute Gasteiger partial charge is 0.461 e. The summed E-state index contributed by atoms with van der Waals surface area (Å²) in [6.07, 6.45) is -0.0277. The molecule has 0 aliphatic carbocycles. The van der Waals surface area contributed by atoms with Gasteiger partial charge in [-0.1, -0.05) is 11.6 Å². The second-order valence-corrected chi connectivity index (χ2v) is 5.14. The molecular weight excluding hydrogens is 281 g/mol. The summed E-state index contributed by atoms with van der Waals surface area (Å²) in [7, 11) is 0. The van der Waals surface area contributed by atoms with Gasteiger partial charge in [0.1, 0.15) is 0 Å². The molecule has 4 nitrogen and oxygen atoms in total. The molecule has 2 aromatic rings. The fraction of sp³-hybridized carbons (Fsp3) is 0.300. The van der Waals surface area contributed by atoms with Crippen LogP contribution >= 0.6 is 34.5 Å². The van der Waals surface area contributed by atoms with Gasteiger partial charge in [0.2, 0.25) is 5.28 Å². The standard InChI is InChI=1S/C10H9Cl2N3OS/c1-5(2)16-10-14-8(13-9(12)15-10)7-6(11)3-4-17-7/h3-5H,1-2H3. The molecule has 0 spiro atoms. The van der Waals surface area contributed by atoms with Crippen molar-refractivity contribution in [2.45, 2.75) is 20.0 Å². The van der Waals surface area contributed by atoms with Gasteiger partial charge < -0.3 is 4.74 Å². The first-order valence-electron chi connectivity index (χ1n) is 4.88. The van der Waals surface area contributed by atoms with Crippen molar-refractivity contribution in [3.05, 3.63) is 21.8 Å². The molecule has 0 aliphatic heterocycles. The SMILES string of the molecule is CC(C)Oc1nc(Cl)nc(-c2sccc2Cl)n1. The number of aromatic nitrogens is 3. The van der Waals surface area contributed by atoms with E-state index in [1.54, 1.807) is 6.07 Å². The summed E-state index contributed by atoms with van der Waals surface area (Å²) in [5, 5.41) is 2.54. The zero-order valence-electron chi connectivity index (χ0n) is 9.15. The fourth-order valence-corrected chi connectivity index (χ4v) is 2.38. The maximum Gasteiger partial charge on any atom is 0.321 e. The Morgan fingerprint density at radius 1 is 1.24 bits per heavy atom. The van der Waals surface area contributed by atoms with Gasteiger partial charge in [0.25, 0.3) is 0 Å². The molecule has 2 heterocycles. The summed E-state index contributed by atoms with van der Waals surface area (Å²) in [6, 6.07) is 1.99. The number of halogens is 2. The van der Waals surface area contributed by atoms with Crippen LogP contribution in [-0.4, -0.2) is 21.1 Å². The van der Waals surface area contributed by atoms with Crippen LogP contribution in [0.5, 0.6) is 6.01 Å². The second kappa shape index (κ2) is 5.16. The van der Waals surface area contributed by atoms with Crippen molar-refractivity contribution in [1.29, 1.82) is 0 Å². The number of hydrogen-bond acceptors (Lipinski definition) is 5. The van der Waals surface area contributed by atoms with E-state index in [1.165, 1.54) is 11.3 Å². The fourth-order valence-electron chi connectivity index (χ4n) is 1.15. The Morgan fingerprint density at radius 2 is 2.00 bits per heavy atom. The van der Waals surface area contributed by atoms with Crippen LogP contribution in [0.1, 0.15) is 13.8 Å². The van der Waals surface area contributed by atoms with Crippen LogP contribution < -0.4 is 4.74 Å². The lowest BCUT2D eigenvalue weighted by molar-refractivity contribution is 0.222. The predicted octanol–water partition coefficient (Wildman–Crippen LogP) is 3.69. The predicted molar refractivity (Wildman–Crippen MR) is 68.9 cm³/mol. The van der Waals surface area contributed by atoms with E-state index in [2.05, 4.69) is 15.0 Å². The maximum atomic E-state index is 6.01. The lowest BCUT2D eigenvalue weighted by Gasteiger charge is -2.08. The monoisotopic (exact) mass is 289 g/mol. The Balaban J connectivity index is 2.42. The van der Waals surface area contributed by atoms with E-state index in [9.17, 15) is 0 Å². The summed E-state index contributed by atoms with van der Waals surface area (Å²) >= 11 is 13.3.